The zero-order valence-electron chi connectivity index (χ0n) is 24.7. The van der Waals surface area contributed by atoms with Gasteiger partial charge in [0, 0.05) is 30.3 Å². The van der Waals surface area contributed by atoms with E-state index in [1.54, 1.807) is 7.11 Å². The first kappa shape index (κ1) is 28.4. The van der Waals surface area contributed by atoms with Gasteiger partial charge in [-0.05, 0) is 130 Å². The number of rotatable bonds is 9. The summed E-state index contributed by atoms with van der Waals surface area (Å²) in [6.07, 6.45) is 13.3. The van der Waals surface area contributed by atoms with E-state index in [9.17, 15) is 4.79 Å². The Morgan fingerprint density at radius 3 is 2.37 bits per heavy atom. The number of hydrogen-bond donors (Lipinski definition) is 1. The van der Waals surface area contributed by atoms with Crippen molar-refractivity contribution in [3.8, 4) is 16.2 Å². The number of aromatic nitrogens is 1. The summed E-state index contributed by atoms with van der Waals surface area (Å²) in [5.74, 6) is 3.71. The van der Waals surface area contributed by atoms with Gasteiger partial charge in [0.1, 0.15) is 5.75 Å². The van der Waals surface area contributed by atoms with Crippen LogP contribution >= 0.6 is 11.3 Å². The maximum Gasteiger partial charge on any atom is 0.230 e. The highest BCUT2D eigenvalue weighted by molar-refractivity contribution is 7.15. The molecule has 0 spiro atoms. The van der Waals surface area contributed by atoms with Gasteiger partial charge in [-0.2, -0.15) is 0 Å². The van der Waals surface area contributed by atoms with Crippen molar-refractivity contribution in [2.24, 2.45) is 23.5 Å². The molecule has 3 fully saturated rings. The van der Waals surface area contributed by atoms with Crippen LogP contribution in [0.4, 0.5) is 5.69 Å². The third-order valence-electron chi connectivity index (χ3n) is 9.87. The van der Waals surface area contributed by atoms with E-state index in [-0.39, 0.29) is 5.92 Å². The Balaban J connectivity index is 1.19. The fraction of sp³-hybridized carbons (Fsp3) is 0.543. The summed E-state index contributed by atoms with van der Waals surface area (Å²) in [4.78, 5) is 22.3. The Morgan fingerprint density at radius 2 is 1.68 bits per heavy atom. The number of nitrogens with two attached hydrogens (primary N) is 1. The third kappa shape index (κ3) is 6.54. The smallest absolute Gasteiger partial charge is 0.230 e. The first-order chi connectivity index (χ1) is 20.0. The molecule has 3 aliphatic rings. The number of carbonyl (C=O) groups is 1. The number of carbonyl (C=O) groups excluding carboxylic acids is 1. The Morgan fingerprint density at radius 1 is 0.951 bits per heavy atom. The lowest BCUT2D eigenvalue weighted by Gasteiger charge is -2.36. The van der Waals surface area contributed by atoms with Crippen molar-refractivity contribution in [2.45, 2.75) is 83.0 Å². The van der Waals surface area contributed by atoms with Gasteiger partial charge >= 0.3 is 0 Å². The monoisotopic (exact) mass is 571 g/mol. The number of thiazole rings is 1. The van der Waals surface area contributed by atoms with Crippen LogP contribution < -0.4 is 15.4 Å². The summed E-state index contributed by atoms with van der Waals surface area (Å²) in [7, 11) is 1.74. The fourth-order valence-corrected chi connectivity index (χ4v) is 8.13. The molecule has 0 bridgehead atoms. The number of anilines is 1. The fourth-order valence-electron chi connectivity index (χ4n) is 7.05. The molecule has 1 amide bonds. The highest BCUT2D eigenvalue weighted by atomic mass is 32.1. The van der Waals surface area contributed by atoms with Crippen LogP contribution in [0.3, 0.4) is 0 Å². The molecule has 0 radical (unpaired) electrons. The molecule has 41 heavy (non-hydrogen) atoms. The molecule has 6 rings (SSSR count). The molecule has 1 heterocycles. The zero-order valence-corrected chi connectivity index (χ0v) is 25.5. The second-order valence-electron chi connectivity index (χ2n) is 12.7. The van der Waals surface area contributed by atoms with Gasteiger partial charge in [0.25, 0.3) is 0 Å². The highest BCUT2D eigenvalue weighted by Crippen LogP contribution is 2.44. The van der Waals surface area contributed by atoms with Crippen molar-refractivity contribution >= 4 is 22.9 Å². The second-order valence-corrected chi connectivity index (χ2v) is 13.8. The number of hydrogen-bond acceptors (Lipinski definition) is 5. The Kier molecular flexibility index (Phi) is 8.78. The van der Waals surface area contributed by atoms with Crippen molar-refractivity contribution in [1.82, 2.24) is 4.98 Å². The molecule has 3 aliphatic carbocycles. The van der Waals surface area contributed by atoms with Crippen LogP contribution in [0.2, 0.25) is 0 Å². The maximum atomic E-state index is 14.2. The van der Waals surface area contributed by atoms with Crippen LogP contribution in [-0.4, -0.2) is 31.1 Å². The van der Waals surface area contributed by atoms with Crippen molar-refractivity contribution in [1.29, 1.82) is 0 Å². The summed E-state index contributed by atoms with van der Waals surface area (Å²) >= 11 is 1.82. The quantitative estimate of drug-likeness (QED) is 0.282. The van der Waals surface area contributed by atoms with Crippen molar-refractivity contribution in [2.75, 3.05) is 25.1 Å². The standard InChI is InChI=1S/C35H45N3O2S/c1-23-18-29(16-17-32(23)40-2)26-10-8-25(9-11-26)22-38(35(39)28-12-6-24(20-36)7-13-28)31-5-3-4-30(19-31)33-21-37-34(41-33)27-14-15-27/h3-5,16-19,21,24-28H,6-15,20,22,36H2,1-2H3. The SMILES string of the molecule is COc1ccc(C2CCC(CN(C(=O)C3CCC(CN)CC3)c3cccc(-c4cnc(C5CC5)s4)c3)CC2)cc1C. The summed E-state index contributed by atoms with van der Waals surface area (Å²) < 4.78 is 5.48. The Hall–Kier alpha value is -2.70. The molecule has 3 aromatic rings. The van der Waals surface area contributed by atoms with Crippen LogP contribution in [-0.2, 0) is 4.79 Å². The highest BCUT2D eigenvalue weighted by Gasteiger charge is 2.33. The average Bonchev–Trinajstić information content (AvgIpc) is 3.75. The number of methoxy groups -OCH3 is 1. The van der Waals surface area contributed by atoms with E-state index in [1.807, 2.05) is 17.5 Å². The lowest BCUT2D eigenvalue weighted by Crippen LogP contribution is -2.41. The molecule has 0 unspecified atom stereocenters. The van der Waals surface area contributed by atoms with Crippen LogP contribution in [0.5, 0.6) is 5.75 Å². The predicted octanol–water partition coefficient (Wildman–Crippen LogP) is 8.08. The molecule has 3 saturated carbocycles. The first-order valence-corrected chi connectivity index (χ1v) is 16.6. The summed E-state index contributed by atoms with van der Waals surface area (Å²) in [6, 6.07) is 15.3. The largest absolute Gasteiger partial charge is 0.496 e. The van der Waals surface area contributed by atoms with Crippen LogP contribution in [0, 0.1) is 24.7 Å². The number of ether oxygens (including phenoxy) is 1. The molecule has 6 heteroatoms. The van der Waals surface area contributed by atoms with Gasteiger partial charge in [-0.15, -0.1) is 11.3 Å². The van der Waals surface area contributed by atoms with Crippen LogP contribution in [0.25, 0.3) is 10.4 Å². The van der Waals surface area contributed by atoms with E-state index in [1.165, 1.54) is 52.3 Å². The van der Waals surface area contributed by atoms with Crippen molar-refractivity contribution < 1.29 is 9.53 Å². The van der Waals surface area contributed by atoms with Crippen LogP contribution in [0.15, 0.2) is 48.7 Å². The van der Waals surface area contributed by atoms with Gasteiger partial charge in [0.05, 0.1) is 17.0 Å². The van der Waals surface area contributed by atoms with Gasteiger partial charge < -0.3 is 15.4 Å². The van der Waals surface area contributed by atoms with Gasteiger partial charge in [-0.25, -0.2) is 4.98 Å². The van der Waals surface area contributed by atoms with E-state index in [2.05, 4.69) is 54.3 Å². The number of amides is 1. The summed E-state index contributed by atoms with van der Waals surface area (Å²) in [5, 5.41) is 1.26. The van der Waals surface area contributed by atoms with Gasteiger partial charge in [-0.3, -0.25) is 4.79 Å². The molecule has 0 saturated heterocycles. The molecule has 0 aliphatic heterocycles. The Labute approximate surface area is 249 Å². The van der Waals surface area contributed by atoms with Gasteiger partial charge in [-0.1, -0.05) is 24.3 Å². The minimum Gasteiger partial charge on any atom is -0.496 e. The van der Waals surface area contributed by atoms with E-state index in [0.717, 1.165) is 63.1 Å². The van der Waals surface area contributed by atoms with Gasteiger partial charge in [0.2, 0.25) is 5.91 Å². The molecule has 1 aromatic heterocycles. The molecule has 2 aromatic carbocycles. The Bertz CT molecular complexity index is 1330. The number of benzene rings is 2. The lowest BCUT2D eigenvalue weighted by molar-refractivity contribution is -0.123. The topological polar surface area (TPSA) is 68.5 Å². The maximum absolute atomic E-state index is 14.2. The molecule has 0 atom stereocenters. The first-order valence-electron chi connectivity index (χ1n) is 15.7. The van der Waals surface area contributed by atoms with E-state index in [4.69, 9.17) is 15.5 Å². The number of aryl methyl sites for hydroxylation is 1. The van der Waals surface area contributed by atoms with E-state index in [0.29, 0.717) is 29.6 Å². The summed E-state index contributed by atoms with van der Waals surface area (Å²) in [6.45, 7) is 3.68. The molecular weight excluding hydrogens is 526 g/mol. The lowest BCUT2D eigenvalue weighted by atomic mass is 9.77. The second kappa shape index (κ2) is 12.7. The predicted molar refractivity (Wildman–Crippen MR) is 169 cm³/mol. The number of nitrogens with zero attached hydrogens (tertiary/aromatic N) is 2. The molecule has 218 valence electrons. The van der Waals surface area contributed by atoms with E-state index >= 15 is 0 Å². The molecule has 5 nitrogen and oxygen atoms in total. The zero-order chi connectivity index (χ0) is 28.3. The van der Waals surface area contributed by atoms with E-state index < -0.39 is 0 Å². The average molecular weight is 572 g/mol. The molecular formula is C35H45N3O2S. The minimum atomic E-state index is 0.102. The van der Waals surface area contributed by atoms with Gasteiger partial charge in [0.15, 0.2) is 0 Å². The molecule has 2 N–H and O–H groups in total. The van der Waals surface area contributed by atoms with Crippen molar-refractivity contribution in [3.63, 3.8) is 0 Å². The third-order valence-corrected chi connectivity index (χ3v) is 11.1. The normalized spacial score (nSPS) is 24.7. The summed E-state index contributed by atoms with van der Waals surface area (Å²) in [5.41, 5.74) is 10.8. The minimum absolute atomic E-state index is 0.102. The van der Waals surface area contributed by atoms with Crippen molar-refractivity contribution in [3.05, 3.63) is 64.8 Å². The van der Waals surface area contributed by atoms with Crippen LogP contribution in [0.1, 0.15) is 92.2 Å².